The molecular weight excluding hydrogens is 214 g/mol. The Labute approximate surface area is 104 Å². The molecule has 0 bridgehead atoms. The highest BCUT2D eigenvalue weighted by Gasteiger charge is 2.09. The molecule has 0 saturated heterocycles. The van der Waals surface area contributed by atoms with Gasteiger partial charge in [-0.2, -0.15) is 11.8 Å². The minimum atomic E-state index is 0.521. The lowest BCUT2D eigenvalue weighted by molar-refractivity contribution is 0.521. The van der Waals surface area contributed by atoms with E-state index in [0.29, 0.717) is 6.04 Å². The Kier molecular flexibility index (Phi) is 6.58. The van der Waals surface area contributed by atoms with Gasteiger partial charge in [-0.25, -0.2) is 0 Å². The molecule has 1 rings (SSSR count). The maximum Gasteiger partial charge on any atom is 0.0328 e. The van der Waals surface area contributed by atoms with Crippen molar-refractivity contribution in [2.24, 2.45) is 0 Å². The first-order valence-electron chi connectivity index (χ1n) is 6.06. The van der Waals surface area contributed by atoms with Crippen LogP contribution < -0.4 is 5.32 Å². The molecule has 0 aliphatic rings. The molecule has 1 aromatic carbocycles. The Morgan fingerprint density at radius 3 is 2.50 bits per heavy atom. The monoisotopic (exact) mass is 237 g/mol. The van der Waals surface area contributed by atoms with E-state index in [9.17, 15) is 0 Å². The van der Waals surface area contributed by atoms with Crippen molar-refractivity contribution in [1.29, 1.82) is 0 Å². The maximum absolute atomic E-state index is 3.63. The molecular formula is C14H23NS. The molecule has 90 valence electrons. The van der Waals surface area contributed by atoms with E-state index >= 15 is 0 Å². The first-order chi connectivity index (χ1) is 7.77. The molecule has 0 heterocycles. The van der Waals surface area contributed by atoms with Crippen molar-refractivity contribution >= 4 is 11.8 Å². The predicted molar refractivity (Wildman–Crippen MR) is 75.2 cm³/mol. The van der Waals surface area contributed by atoms with Gasteiger partial charge in [0.2, 0.25) is 0 Å². The predicted octanol–water partition coefficient (Wildman–Crippen LogP) is 3.79. The number of hydrogen-bond acceptors (Lipinski definition) is 2. The Morgan fingerprint density at radius 2 is 1.94 bits per heavy atom. The largest absolute Gasteiger partial charge is 0.310 e. The Hall–Kier alpha value is -0.470. The summed E-state index contributed by atoms with van der Waals surface area (Å²) in [6, 6.07) is 9.43. The lowest BCUT2D eigenvalue weighted by Crippen LogP contribution is -2.22. The fourth-order valence-electron chi connectivity index (χ4n) is 1.74. The summed E-state index contributed by atoms with van der Waals surface area (Å²) >= 11 is 1.92. The average Bonchev–Trinajstić information content (AvgIpc) is 2.31. The molecule has 1 N–H and O–H groups in total. The average molecular weight is 237 g/mol. The highest BCUT2D eigenvalue weighted by atomic mass is 32.2. The summed E-state index contributed by atoms with van der Waals surface area (Å²) in [7, 11) is 0. The summed E-state index contributed by atoms with van der Waals surface area (Å²) in [5.41, 5.74) is 2.76. The molecule has 0 aliphatic heterocycles. The molecule has 0 saturated carbocycles. The standard InChI is InChI=1S/C14H23NS/c1-4-10-15-14(9-11-16-3)13-7-5-12(2)6-8-13/h5-8,14-15H,4,9-11H2,1-3H3. The second-order valence-electron chi connectivity index (χ2n) is 4.20. The van der Waals surface area contributed by atoms with Gasteiger partial charge in [0, 0.05) is 6.04 Å². The lowest BCUT2D eigenvalue weighted by Gasteiger charge is -2.18. The van der Waals surface area contributed by atoms with E-state index < -0.39 is 0 Å². The van der Waals surface area contributed by atoms with Crippen molar-refractivity contribution in [2.45, 2.75) is 32.7 Å². The summed E-state index contributed by atoms with van der Waals surface area (Å²) in [5, 5.41) is 3.63. The SMILES string of the molecule is CCCNC(CCSC)c1ccc(C)cc1. The molecule has 1 nitrogen and oxygen atoms in total. The van der Waals surface area contributed by atoms with E-state index in [4.69, 9.17) is 0 Å². The van der Waals surface area contributed by atoms with Crippen molar-refractivity contribution in [2.75, 3.05) is 18.6 Å². The zero-order chi connectivity index (χ0) is 11.8. The van der Waals surface area contributed by atoms with E-state index in [1.165, 1.54) is 29.7 Å². The fraction of sp³-hybridized carbons (Fsp3) is 0.571. The molecule has 16 heavy (non-hydrogen) atoms. The summed E-state index contributed by atoms with van der Waals surface area (Å²) in [4.78, 5) is 0. The molecule has 1 atom stereocenters. The van der Waals surface area contributed by atoms with Gasteiger partial charge in [-0.15, -0.1) is 0 Å². The third-order valence-corrected chi connectivity index (χ3v) is 3.38. The number of nitrogens with one attached hydrogen (secondary N) is 1. The smallest absolute Gasteiger partial charge is 0.0328 e. The quantitative estimate of drug-likeness (QED) is 0.774. The van der Waals surface area contributed by atoms with Crippen LogP contribution >= 0.6 is 11.8 Å². The summed E-state index contributed by atoms with van der Waals surface area (Å²) in [6.07, 6.45) is 4.58. The van der Waals surface area contributed by atoms with Crippen LogP contribution in [0.3, 0.4) is 0 Å². The number of thioether (sulfide) groups is 1. The Bertz CT molecular complexity index is 273. The normalized spacial score (nSPS) is 12.7. The minimum Gasteiger partial charge on any atom is -0.310 e. The van der Waals surface area contributed by atoms with Crippen LogP contribution in [0.5, 0.6) is 0 Å². The van der Waals surface area contributed by atoms with E-state index in [1.807, 2.05) is 11.8 Å². The zero-order valence-electron chi connectivity index (χ0n) is 10.6. The molecule has 2 heteroatoms. The number of hydrogen-bond donors (Lipinski definition) is 1. The van der Waals surface area contributed by atoms with Gasteiger partial charge in [0.25, 0.3) is 0 Å². The van der Waals surface area contributed by atoms with Gasteiger partial charge >= 0.3 is 0 Å². The maximum atomic E-state index is 3.63. The summed E-state index contributed by atoms with van der Waals surface area (Å²) < 4.78 is 0. The first-order valence-corrected chi connectivity index (χ1v) is 7.46. The van der Waals surface area contributed by atoms with Crippen LogP contribution in [0.25, 0.3) is 0 Å². The van der Waals surface area contributed by atoms with Gasteiger partial charge < -0.3 is 5.32 Å². The van der Waals surface area contributed by atoms with Crippen LogP contribution in [-0.4, -0.2) is 18.6 Å². The third kappa shape index (κ3) is 4.58. The van der Waals surface area contributed by atoms with Crippen molar-refractivity contribution in [3.05, 3.63) is 35.4 Å². The Balaban J connectivity index is 2.62. The molecule has 0 spiro atoms. The van der Waals surface area contributed by atoms with Gasteiger partial charge in [-0.05, 0) is 43.9 Å². The molecule has 0 fully saturated rings. The van der Waals surface area contributed by atoms with Crippen molar-refractivity contribution in [1.82, 2.24) is 5.32 Å². The van der Waals surface area contributed by atoms with Crippen LogP contribution in [0.15, 0.2) is 24.3 Å². The van der Waals surface area contributed by atoms with Crippen LogP contribution in [0, 0.1) is 6.92 Å². The molecule has 1 aromatic rings. The molecule has 0 aliphatic carbocycles. The molecule has 0 radical (unpaired) electrons. The second kappa shape index (κ2) is 7.75. The Morgan fingerprint density at radius 1 is 1.25 bits per heavy atom. The number of rotatable bonds is 7. The van der Waals surface area contributed by atoms with Crippen LogP contribution in [-0.2, 0) is 0 Å². The van der Waals surface area contributed by atoms with E-state index in [1.54, 1.807) is 0 Å². The molecule has 0 aromatic heterocycles. The van der Waals surface area contributed by atoms with E-state index in [-0.39, 0.29) is 0 Å². The first kappa shape index (κ1) is 13.6. The topological polar surface area (TPSA) is 12.0 Å². The van der Waals surface area contributed by atoms with Gasteiger partial charge in [-0.3, -0.25) is 0 Å². The summed E-state index contributed by atoms with van der Waals surface area (Å²) in [5.74, 6) is 1.22. The van der Waals surface area contributed by atoms with Crippen LogP contribution in [0.2, 0.25) is 0 Å². The number of benzene rings is 1. The van der Waals surface area contributed by atoms with Crippen molar-refractivity contribution in [3.8, 4) is 0 Å². The van der Waals surface area contributed by atoms with E-state index in [2.05, 4.69) is 49.7 Å². The highest BCUT2D eigenvalue weighted by molar-refractivity contribution is 7.98. The molecule has 1 unspecified atom stereocenters. The minimum absolute atomic E-state index is 0.521. The van der Waals surface area contributed by atoms with Gasteiger partial charge in [0.05, 0.1) is 0 Å². The highest BCUT2D eigenvalue weighted by Crippen LogP contribution is 2.19. The van der Waals surface area contributed by atoms with Gasteiger partial charge in [-0.1, -0.05) is 36.8 Å². The van der Waals surface area contributed by atoms with Gasteiger partial charge in [0.15, 0.2) is 0 Å². The van der Waals surface area contributed by atoms with Crippen molar-refractivity contribution < 1.29 is 0 Å². The second-order valence-corrected chi connectivity index (χ2v) is 5.18. The zero-order valence-corrected chi connectivity index (χ0v) is 11.4. The summed E-state index contributed by atoms with van der Waals surface area (Å²) in [6.45, 7) is 5.46. The fourth-order valence-corrected chi connectivity index (χ4v) is 2.21. The molecule has 0 amide bonds. The van der Waals surface area contributed by atoms with Crippen LogP contribution in [0.4, 0.5) is 0 Å². The lowest BCUT2D eigenvalue weighted by atomic mass is 10.0. The van der Waals surface area contributed by atoms with Crippen LogP contribution in [0.1, 0.15) is 36.9 Å². The number of aryl methyl sites for hydroxylation is 1. The van der Waals surface area contributed by atoms with Crippen molar-refractivity contribution in [3.63, 3.8) is 0 Å². The van der Waals surface area contributed by atoms with Gasteiger partial charge in [0.1, 0.15) is 0 Å². The third-order valence-electron chi connectivity index (χ3n) is 2.73. The van der Waals surface area contributed by atoms with E-state index in [0.717, 1.165) is 6.54 Å².